The summed E-state index contributed by atoms with van der Waals surface area (Å²) in [6.07, 6.45) is 3.44. The van der Waals surface area contributed by atoms with E-state index in [0.29, 0.717) is 6.42 Å². The standard InChI is InChI=1S/C24H28N4O5/c1-5-19-22(23(30)32-6-2)20(26-24(31)25-19)14-33-21(29)13-12-18-15(3)27-28(16(18)4)17-10-8-7-9-11-17/h7-13,19H,5-6,14H2,1-4H3,(H2,25,26,31)/b13-12+. The van der Waals surface area contributed by atoms with Crippen LogP contribution in [0.3, 0.4) is 0 Å². The van der Waals surface area contributed by atoms with E-state index >= 15 is 0 Å². The minimum absolute atomic E-state index is 0.192. The van der Waals surface area contributed by atoms with Gasteiger partial charge in [0.2, 0.25) is 0 Å². The third-order valence-electron chi connectivity index (χ3n) is 5.24. The van der Waals surface area contributed by atoms with Crippen molar-refractivity contribution in [1.29, 1.82) is 0 Å². The second kappa shape index (κ2) is 10.6. The topological polar surface area (TPSA) is 112 Å². The zero-order valence-electron chi connectivity index (χ0n) is 19.2. The summed E-state index contributed by atoms with van der Waals surface area (Å²) < 4.78 is 12.2. The Morgan fingerprint density at radius 3 is 2.55 bits per heavy atom. The Hall–Kier alpha value is -3.88. The van der Waals surface area contributed by atoms with Crippen LogP contribution in [-0.2, 0) is 19.1 Å². The molecule has 1 aromatic carbocycles. The Morgan fingerprint density at radius 1 is 1.15 bits per heavy atom. The van der Waals surface area contributed by atoms with Crippen molar-refractivity contribution in [1.82, 2.24) is 20.4 Å². The van der Waals surface area contributed by atoms with E-state index in [2.05, 4.69) is 15.7 Å². The van der Waals surface area contributed by atoms with Gasteiger partial charge in [-0.1, -0.05) is 25.1 Å². The molecule has 0 radical (unpaired) electrons. The average Bonchev–Trinajstić information content (AvgIpc) is 3.09. The maximum atomic E-state index is 12.4. The number of nitrogens with one attached hydrogen (secondary N) is 2. The number of rotatable bonds is 8. The SMILES string of the molecule is CCOC(=O)C1=C(COC(=O)/C=C/c2c(C)nn(-c3ccccc3)c2C)NC(=O)NC1CC. The number of urea groups is 1. The fourth-order valence-electron chi connectivity index (χ4n) is 3.63. The molecule has 0 spiro atoms. The van der Waals surface area contributed by atoms with Crippen LogP contribution < -0.4 is 10.6 Å². The molecule has 1 aliphatic heterocycles. The molecule has 1 unspecified atom stereocenters. The van der Waals surface area contributed by atoms with E-state index in [0.717, 1.165) is 22.6 Å². The molecule has 2 heterocycles. The largest absolute Gasteiger partial charge is 0.463 e. The monoisotopic (exact) mass is 452 g/mol. The summed E-state index contributed by atoms with van der Waals surface area (Å²) in [6, 6.07) is 8.72. The first-order valence-corrected chi connectivity index (χ1v) is 10.8. The number of aromatic nitrogens is 2. The van der Waals surface area contributed by atoms with Crippen LogP contribution in [0.15, 0.2) is 47.7 Å². The number of aryl methyl sites for hydroxylation is 1. The van der Waals surface area contributed by atoms with Gasteiger partial charge in [0.05, 0.1) is 35.3 Å². The lowest BCUT2D eigenvalue weighted by Gasteiger charge is -2.28. The number of ether oxygens (including phenoxy) is 2. The molecule has 9 heteroatoms. The van der Waals surface area contributed by atoms with Crippen LogP contribution in [0.4, 0.5) is 4.79 Å². The molecule has 2 amide bonds. The van der Waals surface area contributed by atoms with Gasteiger partial charge in [-0.05, 0) is 45.4 Å². The molecular weight excluding hydrogens is 424 g/mol. The van der Waals surface area contributed by atoms with E-state index in [1.165, 1.54) is 6.08 Å². The lowest BCUT2D eigenvalue weighted by Crippen LogP contribution is -2.51. The number of nitrogens with zero attached hydrogens (tertiary/aromatic N) is 2. The first-order chi connectivity index (χ1) is 15.8. The fraction of sp³-hybridized carbons (Fsp3) is 0.333. The summed E-state index contributed by atoms with van der Waals surface area (Å²) in [5.41, 5.74) is 3.85. The molecule has 0 saturated carbocycles. The molecule has 2 aromatic rings. The minimum atomic E-state index is -0.613. The van der Waals surface area contributed by atoms with Crippen molar-refractivity contribution < 1.29 is 23.9 Å². The number of esters is 2. The van der Waals surface area contributed by atoms with Crippen LogP contribution in [-0.4, -0.2) is 47.0 Å². The summed E-state index contributed by atoms with van der Waals surface area (Å²) in [6.45, 7) is 7.25. The lowest BCUT2D eigenvalue weighted by molar-refractivity contribution is -0.140. The van der Waals surface area contributed by atoms with Crippen LogP contribution >= 0.6 is 0 Å². The summed E-state index contributed by atoms with van der Waals surface area (Å²) in [4.78, 5) is 36.7. The molecule has 1 atom stereocenters. The zero-order valence-corrected chi connectivity index (χ0v) is 19.2. The third-order valence-corrected chi connectivity index (χ3v) is 5.24. The number of hydrogen-bond donors (Lipinski definition) is 2. The third kappa shape index (κ3) is 5.49. The summed E-state index contributed by atoms with van der Waals surface area (Å²) in [5.74, 6) is -1.17. The first-order valence-electron chi connectivity index (χ1n) is 10.8. The Balaban J connectivity index is 1.75. The molecule has 9 nitrogen and oxygen atoms in total. The van der Waals surface area contributed by atoms with E-state index < -0.39 is 24.0 Å². The van der Waals surface area contributed by atoms with Crippen LogP contribution in [0.2, 0.25) is 0 Å². The highest BCUT2D eigenvalue weighted by atomic mass is 16.5. The van der Waals surface area contributed by atoms with Crippen LogP contribution in [0.25, 0.3) is 11.8 Å². The van der Waals surface area contributed by atoms with Crippen molar-refractivity contribution in [3.05, 3.63) is 64.6 Å². The Labute approximate surface area is 192 Å². The molecule has 0 fully saturated rings. The summed E-state index contributed by atoms with van der Waals surface area (Å²) in [7, 11) is 0. The second-order valence-electron chi connectivity index (χ2n) is 7.44. The van der Waals surface area contributed by atoms with Crippen molar-refractivity contribution in [3.63, 3.8) is 0 Å². The highest BCUT2D eigenvalue weighted by molar-refractivity contribution is 5.95. The quantitative estimate of drug-likeness (QED) is 0.471. The van der Waals surface area contributed by atoms with E-state index in [1.54, 1.807) is 13.0 Å². The van der Waals surface area contributed by atoms with Gasteiger partial charge in [0.1, 0.15) is 6.61 Å². The number of carbonyl (C=O) groups excluding carboxylic acids is 3. The molecule has 1 aromatic heterocycles. The Kier molecular flexibility index (Phi) is 7.66. The summed E-state index contributed by atoms with van der Waals surface area (Å²) >= 11 is 0. The van der Waals surface area contributed by atoms with Gasteiger partial charge >= 0.3 is 18.0 Å². The number of para-hydroxylation sites is 1. The maximum Gasteiger partial charge on any atom is 0.338 e. The molecule has 0 saturated heterocycles. The van der Waals surface area contributed by atoms with Gasteiger partial charge in [-0.2, -0.15) is 5.10 Å². The Morgan fingerprint density at radius 2 is 1.88 bits per heavy atom. The van der Waals surface area contributed by atoms with Crippen molar-refractivity contribution in [3.8, 4) is 5.69 Å². The molecule has 33 heavy (non-hydrogen) atoms. The van der Waals surface area contributed by atoms with Crippen molar-refractivity contribution in [2.75, 3.05) is 13.2 Å². The molecule has 3 rings (SSSR count). The van der Waals surface area contributed by atoms with E-state index in [4.69, 9.17) is 9.47 Å². The number of benzene rings is 1. The van der Waals surface area contributed by atoms with Gasteiger partial charge in [0, 0.05) is 17.3 Å². The summed E-state index contributed by atoms with van der Waals surface area (Å²) in [5, 5.41) is 9.78. The fourth-order valence-corrected chi connectivity index (χ4v) is 3.63. The predicted molar refractivity (Wildman–Crippen MR) is 122 cm³/mol. The molecule has 1 aliphatic rings. The molecule has 174 valence electrons. The van der Waals surface area contributed by atoms with Crippen LogP contribution in [0.1, 0.15) is 37.2 Å². The maximum absolute atomic E-state index is 12.4. The second-order valence-corrected chi connectivity index (χ2v) is 7.44. The van der Waals surface area contributed by atoms with Gasteiger partial charge in [0.15, 0.2) is 0 Å². The zero-order chi connectivity index (χ0) is 24.0. The van der Waals surface area contributed by atoms with Crippen molar-refractivity contribution in [2.45, 2.75) is 40.2 Å². The normalized spacial score (nSPS) is 15.9. The van der Waals surface area contributed by atoms with Gasteiger partial charge < -0.3 is 20.1 Å². The lowest BCUT2D eigenvalue weighted by atomic mass is 10.0. The highest BCUT2D eigenvalue weighted by Gasteiger charge is 2.31. The van der Waals surface area contributed by atoms with Gasteiger partial charge in [-0.15, -0.1) is 0 Å². The Bertz CT molecular complexity index is 1100. The van der Waals surface area contributed by atoms with Crippen molar-refractivity contribution in [2.24, 2.45) is 0 Å². The first kappa shape index (κ1) is 23.8. The number of carbonyl (C=O) groups is 3. The highest BCUT2D eigenvalue weighted by Crippen LogP contribution is 2.20. The van der Waals surface area contributed by atoms with Crippen LogP contribution in [0.5, 0.6) is 0 Å². The van der Waals surface area contributed by atoms with Gasteiger partial charge in [0.25, 0.3) is 0 Å². The number of amides is 2. The van der Waals surface area contributed by atoms with E-state index in [9.17, 15) is 14.4 Å². The minimum Gasteiger partial charge on any atom is -0.463 e. The molecule has 2 N–H and O–H groups in total. The van der Waals surface area contributed by atoms with Gasteiger partial charge in [-0.25, -0.2) is 19.1 Å². The van der Waals surface area contributed by atoms with Crippen molar-refractivity contribution >= 4 is 24.0 Å². The van der Waals surface area contributed by atoms with Crippen LogP contribution in [0, 0.1) is 13.8 Å². The van der Waals surface area contributed by atoms with Gasteiger partial charge in [-0.3, -0.25) is 0 Å². The van der Waals surface area contributed by atoms with E-state index in [1.807, 2.05) is 55.8 Å². The molecule has 0 bridgehead atoms. The smallest absolute Gasteiger partial charge is 0.338 e. The van der Waals surface area contributed by atoms with E-state index in [-0.39, 0.29) is 24.5 Å². The number of hydrogen-bond acceptors (Lipinski definition) is 6. The molecule has 0 aliphatic carbocycles. The predicted octanol–water partition coefficient (Wildman–Crippen LogP) is 2.95. The molecular formula is C24H28N4O5. The average molecular weight is 453 g/mol.